The first-order valence-electron chi connectivity index (χ1n) is 12.3. The molecule has 0 spiro atoms. The van der Waals surface area contributed by atoms with Gasteiger partial charge in [0.1, 0.15) is 12.2 Å². The molecule has 3 aromatic rings. The summed E-state index contributed by atoms with van der Waals surface area (Å²) in [4.78, 5) is 14.9. The number of nitrogens with one attached hydrogen (secondary N) is 1. The monoisotopic (exact) mass is 497 g/mol. The largest absolute Gasteiger partial charge is 0.416 e. The van der Waals surface area contributed by atoms with Crippen molar-refractivity contribution in [2.75, 3.05) is 4.90 Å². The fourth-order valence-electron chi connectivity index (χ4n) is 5.32. The summed E-state index contributed by atoms with van der Waals surface area (Å²) in [7, 11) is 1.87. The second kappa shape index (κ2) is 9.03. The van der Waals surface area contributed by atoms with E-state index in [0.29, 0.717) is 17.8 Å². The van der Waals surface area contributed by atoms with Gasteiger partial charge in [0, 0.05) is 36.3 Å². The molecule has 6 nitrogen and oxygen atoms in total. The van der Waals surface area contributed by atoms with Crippen LogP contribution in [0.4, 0.5) is 18.9 Å². The highest BCUT2D eigenvalue weighted by molar-refractivity contribution is 6.10. The number of hydrogen-bond donors (Lipinski definition) is 1. The number of hydrogen-bond acceptors (Lipinski definition) is 4. The lowest BCUT2D eigenvalue weighted by Crippen LogP contribution is -2.47. The molecule has 2 aromatic carbocycles. The first kappa shape index (κ1) is 24.5. The molecule has 2 heterocycles. The molecule has 1 fully saturated rings. The molecule has 1 aliphatic heterocycles. The van der Waals surface area contributed by atoms with Crippen molar-refractivity contribution in [1.82, 2.24) is 20.1 Å². The fourth-order valence-corrected chi connectivity index (χ4v) is 5.32. The maximum Gasteiger partial charge on any atom is 0.416 e. The fraction of sp³-hybridized carbons (Fsp3) is 0.444. The Labute approximate surface area is 208 Å². The van der Waals surface area contributed by atoms with Crippen molar-refractivity contribution in [2.45, 2.75) is 70.3 Å². The van der Waals surface area contributed by atoms with Gasteiger partial charge in [0.15, 0.2) is 0 Å². The second-order valence-electron chi connectivity index (χ2n) is 10.2. The van der Waals surface area contributed by atoms with Crippen LogP contribution in [0.15, 0.2) is 42.7 Å². The molecule has 1 aromatic heterocycles. The van der Waals surface area contributed by atoms with Crippen molar-refractivity contribution >= 4 is 11.6 Å². The van der Waals surface area contributed by atoms with Gasteiger partial charge in [0.2, 0.25) is 0 Å². The third-order valence-corrected chi connectivity index (χ3v) is 7.63. The Morgan fingerprint density at radius 1 is 1.19 bits per heavy atom. The molecule has 190 valence electrons. The van der Waals surface area contributed by atoms with Crippen LogP contribution in [0.25, 0.3) is 0 Å². The summed E-state index contributed by atoms with van der Waals surface area (Å²) in [6.07, 6.45) is 0.970. The van der Waals surface area contributed by atoms with Crippen LogP contribution in [0, 0.1) is 0 Å². The van der Waals surface area contributed by atoms with Crippen LogP contribution in [0.3, 0.4) is 0 Å². The summed E-state index contributed by atoms with van der Waals surface area (Å²) in [6, 6.07) is 10.2. The van der Waals surface area contributed by atoms with E-state index in [2.05, 4.69) is 22.4 Å². The topological polar surface area (TPSA) is 63.1 Å². The quantitative estimate of drug-likeness (QED) is 0.464. The Balaban J connectivity index is 1.47. The van der Waals surface area contributed by atoms with Gasteiger partial charge in [-0.15, -0.1) is 10.2 Å². The number of aromatic nitrogens is 3. The zero-order valence-electron chi connectivity index (χ0n) is 20.7. The molecule has 0 bridgehead atoms. The highest BCUT2D eigenvalue weighted by Gasteiger charge is 2.41. The van der Waals surface area contributed by atoms with Crippen LogP contribution in [-0.2, 0) is 26.3 Å². The van der Waals surface area contributed by atoms with Crippen molar-refractivity contribution in [1.29, 1.82) is 0 Å². The first-order chi connectivity index (χ1) is 17.1. The predicted octanol–water partition coefficient (Wildman–Crippen LogP) is 5.57. The van der Waals surface area contributed by atoms with Gasteiger partial charge in [-0.2, -0.15) is 13.2 Å². The van der Waals surface area contributed by atoms with Crippen molar-refractivity contribution in [3.63, 3.8) is 0 Å². The van der Waals surface area contributed by atoms with E-state index in [4.69, 9.17) is 0 Å². The molecule has 2 aliphatic rings. The highest BCUT2D eigenvalue weighted by Crippen LogP contribution is 2.40. The molecule has 1 aliphatic carbocycles. The van der Waals surface area contributed by atoms with Crippen LogP contribution in [-0.4, -0.2) is 26.2 Å². The maximum atomic E-state index is 14.1. The number of benzene rings is 2. The Bertz CT molecular complexity index is 1290. The van der Waals surface area contributed by atoms with Crippen LogP contribution in [0.2, 0.25) is 0 Å². The first-order valence-corrected chi connectivity index (χ1v) is 12.3. The van der Waals surface area contributed by atoms with Gasteiger partial charge >= 0.3 is 6.18 Å². The molecule has 1 unspecified atom stereocenters. The number of carbonyl (C=O) groups is 1. The van der Waals surface area contributed by atoms with E-state index >= 15 is 0 Å². The van der Waals surface area contributed by atoms with E-state index in [-0.39, 0.29) is 29.1 Å². The van der Waals surface area contributed by atoms with Gasteiger partial charge in [0.05, 0.1) is 12.1 Å². The van der Waals surface area contributed by atoms with E-state index in [1.165, 1.54) is 11.0 Å². The number of alkyl halides is 3. The molecule has 1 saturated carbocycles. The molecule has 36 heavy (non-hydrogen) atoms. The van der Waals surface area contributed by atoms with Gasteiger partial charge in [-0.05, 0) is 73.6 Å². The number of rotatable bonds is 7. The molecule has 1 N–H and O–H groups in total. The maximum absolute atomic E-state index is 14.1. The van der Waals surface area contributed by atoms with E-state index in [0.717, 1.165) is 37.1 Å². The summed E-state index contributed by atoms with van der Waals surface area (Å²) in [5.74, 6) is 0.340. The average molecular weight is 498 g/mol. The molecular weight excluding hydrogens is 467 g/mol. The second-order valence-corrected chi connectivity index (χ2v) is 10.2. The van der Waals surface area contributed by atoms with Crippen LogP contribution >= 0.6 is 0 Å². The Morgan fingerprint density at radius 2 is 1.97 bits per heavy atom. The lowest BCUT2D eigenvalue weighted by atomic mass is 9.78. The predicted molar refractivity (Wildman–Crippen MR) is 131 cm³/mol. The van der Waals surface area contributed by atoms with E-state index in [9.17, 15) is 18.0 Å². The summed E-state index contributed by atoms with van der Waals surface area (Å²) < 4.78 is 44.1. The minimum absolute atomic E-state index is 0.0388. The molecule has 1 amide bonds. The van der Waals surface area contributed by atoms with Gasteiger partial charge in [-0.3, -0.25) is 4.79 Å². The number of nitrogens with zero attached hydrogens (tertiary/aromatic N) is 4. The summed E-state index contributed by atoms with van der Waals surface area (Å²) in [5, 5.41) is 11.6. The zero-order valence-corrected chi connectivity index (χ0v) is 20.7. The van der Waals surface area contributed by atoms with Crippen molar-refractivity contribution in [3.8, 4) is 0 Å². The Kier molecular flexibility index (Phi) is 6.14. The summed E-state index contributed by atoms with van der Waals surface area (Å²) >= 11 is 0. The lowest BCUT2D eigenvalue weighted by Gasteiger charge is -2.39. The number of anilines is 1. The molecule has 0 saturated heterocycles. The number of aryl methyl sites for hydroxylation is 1. The summed E-state index contributed by atoms with van der Waals surface area (Å²) in [6.45, 7) is 4.31. The van der Waals surface area contributed by atoms with Gasteiger partial charge in [-0.25, -0.2) is 0 Å². The normalized spacial score (nSPS) is 17.7. The average Bonchev–Trinajstić information content (AvgIpc) is 3.39. The van der Waals surface area contributed by atoms with Gasteiger partial charge < -0.3 is 14.8 Å². The molecule has 5 rings (SSSR count). The van der Waals surface area contributed by atoms with Crippen LogP contribution < -0.4 is 10.2 Å². The number of fused-ring (bicyclic) bond motifs is 1. The molecular formula is C27H30F3N5O. The van der Waals surface area contributed by atoms with Gasteiger partial charge in [-0.1, -0.05) is 19.1 Å². The SMILES string of the molecule is CCC(c1cccc(N2Cc3c(cc(CNC4(C)CCC4)cc3C(F)(F)F)C2=O)c1)c1nncn1C. The smallest absolute Gasteiger partial charge is 0.320 e. The van der Waals surface area contributed by atoms with Crippen LogP contribution in [0.5, 0.6) is 0 Å². The molecule has 9 heteroatoms. The van der Waals surface area contributed by atoms with E-state index < -0.39 is 17.6 Å². The third kappa shape index (κ3) is 4.40. The van der Waals surface area contributed by atoms with E-state index in [1.54, 1.807) is 18.5 Å². The molecule has 1 atom stereocenters. The van der Waals surface area contributed by atoms with Crippen LogP contribution in [0.1, 0.15) is 83.9 Å². The lowest BCUT2D eigenvalue weighted by molar-refractivity contribution is -0.138. The third-order valence-electron chi connectivity index (χ3n) is 7.63. The van der Waals surface area contributed by atoms with Crippen molar-refractivity contribution < 1.29 is 18.0 Å². The van der Waals surface area contributed by atoms with E-state index in [1.807, 2.05) is 36.7 Å². The molecule has 0 radical (unpaired) electrons. The Hall–Kier alpha value is -3.20. The minimum Gasteiger partial charge on any atom is -0.320 e. The summed E-state index contributed by atoms with van der Waals surface area (Å²) in [5.41, 5.74) is 1.38. The minimum atomic E-state index is -4.54. The number of amides is 1. The number of carbonyl (C=O) groups excluding carboxylic acids is 1. The highest BCUT2D eigenvalue weighted by atomic mass is 19.4. The zero-order chi connectivity index (χ0) is 25.7. The van der Waals surface area contributed by atoms with Crippen molar-refractivity contribution in [3.05, 3.63) is 76.4 Å². The Morgan fingerprint density at radius 3 is 2.58 bits per heavy atom. The van der Waals surface area contributed by atoms with Crippen molar-refractivity contribution in [2.24, 2.45) is 7.05 Å². The number of halogens is 3. The van der Waals surface area contributed by atoms with Gasteiger partial charge in [0.25, 0.3) is 5.91 Å². The standard InChI is InChI=1S/C27H30F3N5O/c1-4-20(24-33-32-16-34(24)3)18-7-5-8-19(13-18)35-15-22-21(25(35)36)11-17(12-23(22)27(28,29)30)14-31-26(2)9-6-10-26/h5,7-8,11-13,16,20,31H,4,6,9-10,14-15H2,1-3H3.